The van der Waals surface area contributed by atoms with Crippen molar-refractivity contribution in [2.24, 2.45) is 10.7 Å². The minimum atomic E-state index is -4.64. The normalized spacial score (nSPS) is 14.8. The number of amides is 1. The number of aldehydes is 1. The molecule has 0 bridgehead atoms. The summed E-state index contributed by atoms with van der Waals surface area (Å²) in [5.41, 5.74) is 13.9. The lowest BCUT2D eigenvalue weighted by atomic mass is 9.76. The van der Waals surface area contributed by atoms with Crippen molar-refractivity contribution in [1.29, 1.82) is 0 Å². The first kappa shape index (κ1) is 46.6. The summed E-state index contributed by atoms with van der Waals surface area (Å²) in [5.74, 6) is 6.23. The van der Waals surface area contributed by atoms with Gasteiger partial charge in [-0.2, -0.15) is 18.2 Å². The number of ether oxygens (including phenoxy) is 1. The maximum atomic E-state index is 14.4. The molecule has 1 amide bonds. The van der Waals surface area contributed by atoms with E-state index < -0.39 is 23.9 Å². The van der Waals surface area contributed by atoms with Crippen LogP contribution in [0.4, 0.5) is 30.2 Å². The molecule has 338 valence electrons. The highest BCUT2D eigenvalue weighted by molar-refractivity contribution is 6.13. The predicted molar refractivity (Wildman–Crippen MR) is 254 cm³/mol. The van der Waals surface area contributed by atoms with Crippen molar-refractivity contribution in [3.05, 3.63) is 191 Å². The van der Waals surface area contributed by atoms with Crippen molar-refractivity contribution < 1.29 is 32.6 Å². The van der Waals surface area contributed by atoms with E-state index in [0.29, 0.717) is 41.2 Å². The number of amidine groups is 1. The summed E-state index contributed by atoms with van der Waals surface area (Å²) in [6.45, 7) is 5.11. The number of aliphatic imine (C=N–C) groups is 1. The highest BCUT2D eigenvalue weighted by atomic mass is 19.4. The molecule has 0 unspecified atom stereocenters. The van der Waals surface area contributed by atoms with Crippen molar-refractivity contribution in [1.82, 2.24) is 4.90 Å². The lowest BCUT2D eigenvalue weighted by Gasteiger charge is -2.38. The Bertz CT molecular complexity index is 2580. The molecule has 0 aromatic heterocycles. The molecule has 0 aliphatic carbocycles. The van der Waals surface area contributed by atoms with Gasteiger partial charge in [0.1, 0.15) is 17.1 Å². The molecule has 2 heterocycles. The molecule has 0 spiro atoms. The third kappa shape index (κ3) is 11.8. The van der Waals surface area contributed by atoms with Gasteiger partial charge in [-0.05, 0) is 91.2 Å². The summed E-state index contributed by atoms with van der Waals surface area (Å²) < 4.78 is 36.9. The number of nitrogens with one attached hydrogen (secondary N) is 2. The van der Waals surface area contributed by atoms with E-state index in [1.165, 1.54) is 0 Å². The number of hydrogen-bond acceptors (Lipinski definition) is 8. The number of anilines is 3. The zero-order valence-electron chi connectivity index (χ0n) is 36.5. The number of carbonyl (C=O) groups excluding carboxylic acids is 2. The molecule has 0 atom stereocenters. The molecule has 2 aliphatic heterocycles. The van der Waals surface area contributed by atoms with Crippen LogP contribution in [0.3, 0.4) is 0 Å². The molecule has 2 fully saturated rings. The minimum Gasteiger partial charge on any atom is -0.508 e. The summed E-state index contributed by atoms with van der Waals surface area (Å²) in [7, 11) is 2.14. The molecule has 5 N–H and O–H groups in total. The SMILES string of the molecule is CN1CCN(c2ccc(C(=O)N=C(N)c3ccc(C#Cc4cccc(O)c4)cc3NC(c3ccccc3)(c3ccccc3)c3ccccc3)c(NC3CCOCC3)c2)CC1.O=CC(F)(F)F. The van der Waals surface area contributed by atoms with Crippen LogP contribution in [-0.2, 0) is 15.1 Å². The fraction of sp³-hybridized carbons (Fsp3) is 0.226. The van der Waals surface area contributed by atoms with E-state index >= 15 is 0 Å². The van der Waals surface area contributed by atoms with Crippen molar-refractivity contribution in [2.45, 2.75) is 30.6 Å². The molecule has 8 rings (SSSR count). The Kier molecular flexibility index (Phi) is 15.2. The second kappa shape index (κ2) is 21.5. The first-order valence-corrected chi connectivity index (χ1v) is 21.7. The van der Waals surface area contributed by atoms with Gasteiger partial charge in [-0.3, -0.25) is 9.59 Å². The summed E-state index contributed by atoms with van der Waals surface area (Å²) in [5, 5.41) is 17.7. The van der Waals surface area contributed by atoms with Gasteiger partial charge in [0.25, 0.3) is 5.91 Å². The van der Waals surface area contributed by atoms with Crippen LogP contribution in [-0.4, -0.2) is 86.7 Å². The monoisotopic (exact) mass is 892 g/mol. The molecular formula is C53H51F3N6O4. The average Bonchev–Trinajstić information content (AvgIpc) is 3.34. The Morgan fingerprint density at radius 1 is 0.727 bits per heavy atom. The molecule has 2 saturated heterocycles. The Labute approximate surface area is 382 Å². The number of aromatic hydroxyl groups is 1. The van der Waals surface area contributed by atoms with Crippen LogP contribution in [0.1, 0.15) is 56.6 Å². The van der Waals surface area contributed by atoms with Crippen LogP contribution < -0.4 is 21.3 Å². The molecule has 2 aliphatic rings. The van der Waals surface area contributed by atoms with Crippen LogP contribution in [0.15, 0.2) is 157 Å². The van der Waals surface area contributed by atoms with Crippen LogP contribution in [0.25, 0.3) is 0 Å². The molecule has 66 heavy (non-hydrogen) atoms. The van der Waals surface area contributed by atoms with Gasteiger partial charge in [-0.15, -0.1) is 0 Å². The van der Waals surface area contributed by atoms with Gasteiger partial charge in [0, 0.05) is 79.2 Å². The number of piperazine rings is 1. The fourth-order valence-electron chi connectivity index (χ4n) is 8.05. The van der Waals surface area contributed by atoms with E-state index in [1.807, 2.05) is 91.0 Å². The largest absolute Gasteiger partial charge is 0.508 e. The standard InChI is InChI=1S/C51H50N6O3.C2HF3O/c1-56-28-30-57(31-29-56)43-23-25-46(47(36-43)53-42-26-32-60-33-27-42)50(59)54-49(52)45-24-22-38(21-20-37-12-11-19-44(58)34-37)35-48(45)55-51(39-13-5-2-6-14-39,40-15-7-3-8-16-40)41-17-9-4-10-18-41;3-2(4,5)1-6/h2-19,22-25,34-36,42,53,55,58H,26-33H2,1H3,(H2,52,54,59);1H. The van der Waals surface area contributed by atoms with E-state index in [1.54, 1.807) is 18.2 Å². The molecule has 6 aromatic carbocycles. The highest BCUT2D eigenvalue weighted by Gasteiger charge is 2.37. The number of halogens is 3. The number of alkyl halides is 3. The van der Waals surface area contributed by atoms with E-state index in [2.05, 4.69) is 86.8 Å². The lowest BCUT2D eigenvalue weighted by Crippen LogP contribution is -2.44. The zero-order valence-corrected chi connectivity index (χ0v) is 36.5. The van der Waals surface area contributed by atoms with Crippen LogP contribution in [0.5, 0.6) is 5.75 Å². The summed E-state index contributed by atoms with van der Waals surface area (Å²) >= 11 is 0. The maximum absolute atomic E-state index is 14.4. The van der Waals surface area contributed by atoms with Gasteiger partial charge < -0.3 is 36.0 Å². The highest BCUT2D eigenvalue weighted by Crippen LogP contribution is 2.41. The second-order valence-corrected chi connectivity index (χ2v) is 16.0. The van der Waals surface area contributed by atoms with Crippen LogP contribution in [0.2, 0.25) is 0 Å². The van der Waals surface area contributed by atoms with E-state index in [-0.39, 0.29) is 17.6 Å². The molecule has 0 saturated carbocycles. The second-order valence-electron chi connectivity index (χ2n) is 16.0. The Balaban J connectivity index is 0.00000101. The van der Waals surface area contributed by atoms with Gasteiger partial charge in [-0.25, -0.2) is 0 Å². The lowest BCUT2D eigenvalue weighted by molar-refractivity contribution is -0.156. The topological polar surface area (TPSA) is 133 Å². The minimum absolute atomic E-state index is 0.0678. The van der Waals surface area contributed by atoms with Gasteiger partial charge in [0.15, 0.2) is 0 Å². The van der Waals surface area contributed by atoms with Crippen molar-refractivity contribution >= 4 is 35.1 Å². The van der Waals surface area contributed by atoms with Crippen molar-refractivity contribution in [2.75, 3.05) is 62.0 Å². The van der Waals surface area contributed by atoms with Gasteiger partial charge in [0.05, 0.1) is 5.56 Å². The number of benzene rings is 6. The Morgan fingerprint density at radius 2 is 1.27 bits per heavy atom. The number of hydrogen-bond donors (Lipinski definition) is 4. The number of nitrogens with two attached hydrogens (primary N) is 1. The third-order valence-corrected chi connectivity index (χ3v) is 11.5. The number of phenolic OH excluding ortho intramolecular Hbond substituents is 1. The van der Waals surface area contributed by atoms with Crippen LogP contribution >= 0.6 is 0 Å². The average molecular weight is 893 g/mol. The first-order chi connectivity index (χ1) is 31.9. The first-order valence-electron chi connectivity index (χ1n) is 21.7. The van der Waals surface area contributed by atoms with E-state index in [0.717, 1.165) is 67.1 Å². The summed E-state index contributed by atoms with van der Waals surface area (Å²) in [6.07, 6.45) is -4.01. The number of carbonyl (C=O) groups is 2. The molecule has 6 aromatic rings. The third-order valence-electron chi connectivity index (χ3n) is 11.5. The van der Waals surface area contributed by atoms with Crippen molar-refractivity contribution in [3.8, 4) is 17.6 Å². The molecule has 0 radical (unpaired) electrons. The number of rotatable bonds is 10. The smallest absolute Gasteiger partial charge is 0.446 e. The maximum Gasteiger partial charge on any atom is 0.446 e. The molecule has 10 nitrogen and oxygen atoms in total. The zero-order chi connectivity index (χ0) is 46.5. The number of nitrogens with zero attached hydrogens (tertiary/aromatic N) is 3. The van der Waals surface area contributed by atoms with Crippen LogP contribution in [0, 0.1) is 11.8 Å². The van der Waals surface area contributed by atoms with Gasteiger partial charge in [0.2, 0.25) is 6.29 Å². The van der Waals surface area contributed by atoms with Crippen molar-refractivity contribution in [3.63, 3.8) is 0 Å². The molecular weight excluding hydrogens is 842 g/mol. The van der Waals surface area contributed by atoms with Gasteiger partial charge in [-0.1, -0.05) is 109 Å². The quantitative estimate of drug-likeness (QED) is 0.0350. The van der Waals surface area contributed by atoms with Gasteiger partial charge >= 0.3 is 6.18 Å². The summed E-state index contributed by atoms with van der Waals surface area (Å²) in [6, 6.07) is 49.6. The Hall–Kier alpha value is -7.40. The predicted octanol–water partition coefficient (Wildman–Crippen LogP) is 8.83. The number of likely N-dealkylation sites (N-methyl/N-ethyl adjacent to an activating group) is 1. The molecule has 13 heteroatoms. The van der Waals surface area contributed by atoms with E-state index in [9.17, 15) is 23.1 Å². The summed E-state index contributed by atoms with van der Waals surface area (Å²) in [4.78, 5) is 32.4. The Morgan fingerprint density at radius 3 is 1.82 bits per heavy atom. The number of phenols is 1. The van der Waals surface area contributed by atoms with E-state index in [4.69, 9.17) is 15.3 Å². The fourth-order valence-corrected chi connectivity index (χ4v) is 8.05.